The molecule has 8 rings (SSSR count). The predicted molar refractivity (Wildman–Crippen MR) is 153 cm³/mol. The van der Waals surface area contributed by atoms with Crippen molar-refractivity contribution in [3.8, 4) is 23.2 Å². The van der Waals surface area contributed by atoms with Crippen LogP contribution in [0.25, 0.3) is 22.1 Å². The van der Waals surface area contributed by atoms with Gasteiger partial charge in [0.1, 0.15) is 18.7 Å². The van der Waals surface area contributed by atoms with E-state index in [9.17, 15) is 0 Å². The standard InChI is InChI=1S/C32H23N7O2/c1-20-27-28(23-10-7-15-33-17-23)29-30-35-26(18-40-25-14-13-21-8-5-6-9-22(21)16-25)37-38(30)19-34-31(29)41-32(27)39(36-20)24-11-3-2-4-12-24/h2-17,19,28H,18H2,1H3/t28-/m0/s1. The van der Waals surface area contributed by atoms with E-state index in [1.165, 1.54) is 0 Å². The van der Waals surface area contributed by atoms with Crippen LogP contribution in [0.1, 0.15) is 34.1 Å². The number of fused-ring (bicyclic) bond motifs is 5. The Kier molecular flexibility index (Phi) is 5.27. The lowest BCUT2D eigenvalue weighted by Crippen LogP contribution is -2.16. The molecule has 0 saturated carbocycles. The molecule has 1 atom stereocenters. The van der Waals surface area contributed by atoms with Gasteiger partial charge in [0.2, 0.25) is 11.8 Å². The van der Waals surface area contributed by atoms with Crippen molar-refractivity contribution < 1.29 is 9.47 Å². The summed E-state index contributed by atoms with van der Waals surface area (Å²) in [7, 11) is 0. The van der Waals surface area contributed by atoms with Crippen molar-refractivity contribution in [3.05, 3.63) is 132 Å². The van der Waals surface area contributed by atoms with Gasteiger partial charge >= 0.3 is 0 Å². The van der Waals surface area contributed by atoms with Crippen molar-refractivity contribution >= 4 is 16.4 Å². The van der Waals surface area contributed by atoms with Crippen LogP contribution in [0.3, 0.4) is 0 Å². The zero-order chi connectivity index (χ0) is 27.3. The van der Waals surface area contributed by atoms with E-state index in [0.29, 0.717) is 23.2 Å². The Bertz CT molecular complexity index is 2050. The largest absolute Gasteiger partial charge is 0.486 e. The molecule has 4 aromatic heterocycles. The van der Waals surface area contributed by atoms with E-state index in [1.807, 2.05) is 84.5 Å². The number of aromatic nitrogens is 7. The number of hydrogen-bond donors (Lipinski definition) is 0. The Hall–Kier alpha value is -5.57. The maximum Gasteiger partial charge on any atom is 0.230 e. The molecule has 0 fully saturated rings. The van der Waals surface area contributed by atoms with Crippen LogP contribution in [0.5, 0.6) is 17.5 Å². The second-order valence-corrected chi connectivity index (χ2v) is 9.93. The molecule has 0 bridgehead atoms. The van der Waals surface area contributed by atoms with Gasteiger partial charge in [0.25, 0.3) is 0 Å². The summed E-state index contributed by atoms with van der Waals surface area (Å²) in [6, 6.07) is 28.2. The van der Waals surface area contributed by atoms with Gasteiger partial charge in [-0.2, -0.15) is 5.10 Å². The Labute approximate surface area is 234 Å². The van der Waals surface area contributed by atoms with Gasteiger partial charge in [0.05, 0.1) is 28.4 Å². The lowest BCUT2D eigenvalue weighted by atomic mass is 9.85. The summed E-state index contributed by atoms with van der Waals surface area (Å²) in [6.45, 7) is 2.21. The maximum absolute atomic E-state index is 6.48. The zero-order valence-corrected chi connectivity index (χ0v) is 22.0. The highest BCUT2D eigenvalue weighted by Crippen LogP contribution is 2.49. The number of para-hydroxylation sites is 1. The summed E-state index contributed by atoms with van der Waals surface area (Å²) in [5, 5.41) is 11.8. The van der Waals surface area contributed by atoms with E-state index in [4.69, 9.17) is 19.6 Å². The van der Waals surface area contributed by atoms with E-state index in [0.717, 1.165) is 44.6 Å². The molecular formula is C32H23N7O2. The van der Waals surface area contributed by atoms with Crippen LogP contribution < -0.4 is 9.47 Å². The first-order valence-electron chi connectivity index (χ1n) is 13.3. The Morgan fingerprint density at radius 1 is 0.878 bits per heavy atom. The SMILES string of the molecule is Cc1nn(-c2ccccc2)c2c1[C@H](c1cccnc1)c1c(ncn3nc(COc4ccc5ccccc5c4)nc13)O2. The molecule has 5 heterocycles. The molecule has 0 saturated heterocycles. The van der Waals surface area contributed by atoms with Crippen molar-refractivity contribution in [1.29, 1.82) is 0 Å². The van der Waals surface area contributed by atoms with Gasteiger partial charge < -0.3 is 9.47 Å². The summed E-state index contributed by atoms with van der Waals surface area (Å²) >= 11 is 0. The second kappa shape index (κ2) is 9.27. The minimum absolute atomic E-state index is 0.212. The quantitative estimate of drug-likeness (QED) is 0.265. The Morgan fingerprint density at radius 2 is 1.73 bits per heavy atom. The highest BCUT2D eigenvalue weighted by Gasteiger charge is 2.38. The average molecular weight is 538 g/mol. The molecule has 9 heteroatoms. The molecule has 0 amide bonds. The molecule has 0 N–H and O–H groups in total. The van der Waals surface area contributed by atoms with E-state index >= 15 is 0 Å². The summed E-state index contributed by atoms with van der Waals surface area (Å²) < 4.78 is 16.1. The number of aryl methyl sites for hydroxylation is 1. The number of benzene rings is 3. The van der Waals surface area contributed by atoms with Crippen LogP contribution in [-0.4, -0.2) is 34.3 Å². The number of ether oxygens (including phenoxy) is 2. The summed E-state index contributed by atoms with van der Waals surface area (Å²) in [6.07, 6.45) is 5.26. The minimum Gasteiger partial charge on any atom is -0.486 e. The van der Waals surface area contributed by atoms with Crippen LogP contribution in [0.2, 0.25) is 0 Å². The molecule has 1 aliphatic rings. The molecule has 198 valence electrons. The molecule has 7 aromatic rings. The van der Waals surface area contributed by atoms with Crippen LogP contribution in [0.15, 0.2) is 104 Å². The van der Waals surface area contributed by atoms with Crippen molar-refractivity contribution in [2.45, 2.75) is 19.4 Å². The van der Waals surface area contributed by atoms with Crippen molar-refractivity contribution in [2.24, 2.45) is 0 Å². The van der Waals surface area contributed by atoms with E-state index in [2.05, 4.69) is 33.3 Å². The Balaban J connectivity index is 1.22. The van der Waals surface area contributed by atoms with Crippen LogP contribution in [-0.2, 0) is 6.61 Å². The molecule has 0 aliphatic carbocycles. The highest BCUT2D eigenvalue weighted by molar-refractivity contribution is 5.83. The van der Waals surface area contributed by atoms with E-state index in [1.54, 1.807) is 17.0 Å². The van der Waals surface area contributed by atoms with Gasteiger partial charge in [-0.3, -0.25) is 4.98 Å². The van der Waals surface area contributed by atoms with Crippen molar-refractivity contribution in [1.82, 2.24) is 34.3 Å². The first-order chi connectivity index (χ1) is 20.2. The van der Waals surface area contributed by atoms with Gasteiger partial charge in [-0.1, -0.05) is 54.6 Å². The van der Waals surface area contributed by atoms with Crippen molar-refractivity contribution in [2.75, 3.05) is 0 Å². The number of hydrogen-bond acceptors (Lipinski definition) is 7. The highest BCUT2D eigenvalue weighted by atomic mass is 16.5. The molecule has 0 unspecified atom stereocenters. The van der Waals surface area contributed by atoms with Gasteiger partial charge in [-0.05, 0) is 53.6 Å². The van der Waals surface area contributed by atoms with Gasteiger partial charge in [0, 0.05) is 12.4 Å². The maximum atomic E-state index is 6.48. The summed E-state index contributed by atoms with van der Waals surface area (Å²) in [5.41, 5.74) is 5.15. The van der Waals surface area contributed by atoms with E-state index < -0.39 is 0 Å². The van der Waals surface area contributed by atoms with Gasteiger partial charge in [-0.15, -0.1) is 5.10 Å². The first-order valence-corrected chi connectivity index (χ1v) is 13.3. The van der Waals surface area contributed by atoms with Crippen LogP contribution in [0, 0.1) is 6.92 Å². The lowest BCUT2D eigenvalue weighted by molar-refractivity contribution is 0.296. The lowest BCUT2D eigenvalue weighted by Gasteiger charge is -2.26. The molecule has 41 heavy (non-hydrogen) atoms. The number of nitrogens with zero attached hydrogens (tertiary/aromatic N) is 7. The fourth-order valence-electron chi connectivity index (χ4n) is 5.51. The second-order valence-electron chi connectivity index (χ2n) is 9.93. The molecule has 1 aliphatic heterocycles. The average Bonchev–Trinajstić information content (AvgIpc) is 3.60. The molecule has 3 aromatic carbocycles. The molecule has 9 nitrogen and oxygen atoms in total. The van der Waals surface area contributed by atoms with Gasteiger partial charge in [-0.25, -0.2) is 19.2 Å². The molecular weight excluding hydrogens is 514 g/mol. The van der Waals surface area contributed by atoms with Crippen LogP contribution >= 0.6 is 0 Å². The van der Waals surface area contributed by atoms with Crippen LogP contribution in [0.4, 0.5) is 0 Å². The monoisotopic (exact) mass is 537 g/mol. The van der Waals surface area contributed by atoms with E-state index in [-0.39, 0.29) is 12.5 Å². The topological polar surface area (TPSA) is 92.3 Å². The minimum atomic E-state index is -0.255. The third kappa shape index (κ3) is 3.89. The fourth-order valence-corrected chi connectivity index (χ4v) is 5.51. The fraction of sp³-hybridized carbons (Fsp3) is 0.0938. The molecule has 0 radical (unpaired) electrons. The predicted octanol–water partition coefficient (Wildman–Crippen LogP) is 6.03. The first kappa shape index (κ1) is 23.3. The third-order valence-corrected chi connectivity index (χ3v) is 7.37. The normalized spacial score (nSPS) is 14.0. The smallest absolute Gasteiger partial charge is 0.230 e. The third-order valence-electron chi connectivity index (χ3n) is 7.37. The van der Waals surface area contributed by atoms with Crippen molar-refractivity contribution in [3.63, 3.8) is 0 Å². The number of rotatable bonds is 5. The summed E-state index contributed by atoms with van der Waals surface area (Å²) in [5.74, 6) is 2.14. The van der Waals surface area contributed by atoms with Gasteiger partial charge in [0.15, 0.2) is 11.5 Å². The Morgan fingerprint density at radius 3 is 2.59 bits per heavy atom. The summed E-state index contributed by atoms with van der Waals surface area (Å²) in [4.78, 5) is 14.0. The number of pyridine rings is 1. The zero-order valence-electron chi connectivity index (χ0n) is 22.0. The molecule has 0 spiro atoms.